The SMILES string of the molecule is N/C(=C\C=NCc1cccc(CCC(=O)O)c1)c1cccc(Oc2ccc3c(c2CO)CCN3)c1. The molecule has 0 bridgehead atoms. The van der Waals surface area contributed by atoms with Crippen LogP contribution in [0.1, 0.15) is 34.2 Å². The Hall–Kier alpha value is -4.10. The summed E-state index contributed by atoms with van der Waals surface area (Å²) >= 11 is 0. The number of hydrogen-bond acceptors (Lipinski definition) is 6. The number of carboxylic acids is 1. The largest absolute Gasteiger partial charge is 0.481 e. The molecule has 35 heavy (non-hydrogen) atoms. The number of nitrogens with two attached hydrogens (primary N) is 1. The van der Waals surface area contributed by atoms with Gasteiger partial charge in [-0.05, 0) is 59.9 Å². The highest BCUT2D eigenvalue weighted by Gasteiger charge is 2.18. The van der Waals surface area contributed by atoms with E-state index < -0.39 is 5.97 Å². The molecule has 180 valence electrons. The standard InChI is InChI=1S/C28H29N3O4/c29-25(12-13-30-17-20-4-1-3-19(15-20)7-10-28(33)34)21-5-2-6-22(16-21)35-27-9-8-26-23(11-14-31-26)24(27)18-32/h1-6,8-9,12-13,15-16,31-32H,7,10-11,14,17-18,29H2,(H,33,34)/b25-12-,30-13?. The molecule has 0 saturated heterocycles. The summed E-state index contributed by atoms with van der Waals surface area (Å²) in [5.74, 6) is 0.471. The van der Waals surface area contributed by atoms with Crippen molar-refractivity contribution in [3.05, 3.63) is 94.6 Å². The molecule has 5 N–H and O–H groups in total. The van der Waals surface area contributed by atoms with Crippen molar-refractivity contribution in [3.63, 3.8) is 0 Å². The zero-order valence-electron chi connectivity index (χ0n) is 19.4. The monoisotopic (exact) mass is 471 g/mol. The van der Waals surface area contributed by atoms with E-state index in [4.69, 9.17) is 15.6 Å². The number of hydrogen-bond donors (Lipinski definition) is 4. The number of anilines is 1. The van der Waals surface area contributed by atoms with Crippen molar-refractivity contribution in [1.29, 1.82) is 0 Å². The normalized spacial score (nSPS) is 13.0. The Morgan fingerprint density at radius 3 is 2.77 bits per heavy atom. The molecule has 0 aromatic heterocycles. The Bertz CT molecular complexity index is 1270. The van der Waals surface area contributed by atoms with Gasteiger partial charge < -0.3 is 26.0 Å². The first kappa shape index (κ1) is 24.0. The molecule has 4 rings (SSSR count). The average Bonchev–Trinajstić information content (AvgIpc) is 3.34. The van der Waals surface area contributed by atoms with E-state index in [1.165, 1.54) is 0 Å². The fourth-order valence-corrected chi connectivity index (χ4v) is 4.10. The second-order valence-electron chi connectivity index (χ2n) is 8.36. The summed E-state index contributed by atoms with van der Waals surface area (Å²) in [7, 11) is 0. The van der Waals surface area contributed by atoms with Crippen molar-refractivity contribution < 1.29 is 19.7 Å². The Labute approximate surface area is 204 Å². The number of carboxylic acid groups (broad SMARTS) is 1. The number of nitrogens with zero attached hydrogens (tertiary/aromatic N) is 1. The Morgan fingerprint density at radius 1 is 1.11 bits per heavy atom. The molecule has 1 aliphatic heterocycles. The first-order valence-corrected chi connectivity index (χ1v) is 11.6. The summed E-state index contributed by atoms with van der Waals surface area (Å²) in [6.07, 6.45) is 4.89. The summed E-state index contributed by atoms with van der Waals surface area (Å²) in [6, 6.07) is 19.1. The molecule has 7 nitrogen and oxygen atoms in total. The van der Waals surface area contributed by atoms with Gasteiger partial charge in [0.05, 0.1) is 13.2 Å². The van der Waals surface area contributed by atoms with Crippen molar-refractivity contribution in [2.45, 2.75) is 32.4 Å². The van der Waals surface area contributed by atoms with Gasteiger partial charge in [-0.1, -0.05) is 36.4 Å². The van der Waals surface area contributed by atoms with Gasteiger partial charge in [0.25, 0.3) is 0 Å². The fourth-order valence-electron chi connectivity index (χ4n) is 4.10. The molecule has 0 aliphatic carbocycles. The molecule has 0 spiro atoms. The molecule has 0 fully saturated rings. The highest BCUT2D eigenvalue weighted by atomic mass is 16.5. The maximum Gasteiger partial charge on any atom is 0.303 e. The maximum absolute atomic E-state index is 10.8. The van der Waals surface area contributed by atoms with Crippen molar-refractivity contribution in [1.82, 2.24) is 0 Å². The van der Waals surface area contributed by atoms with Gasteiger partial charge in [-0.2, -0.15) is 0 Å². The van der Waals surface area contributed by atoms with Crippen LogP contribution in [-0.4, -0.2) is 28.9 Å². The fraction of sp³-hybridized carbons (Fsp3) is 0.214. The van der Waals surface area contributed by atoms with Crippen LogP contribution in [0.25, 0.3) is 5.70 Å². The molecule has 0 unspecified atom stereocenters. The van der Waals surface area contributed by atoms with Gasteiger partial charge in [0.1, 0.15) is 11.5 Å². The van der Waals surface area contributed by atoms with Crippen LogP contribution < -0.4 is 15.8 Å². The van der Waals surface area contributed by atoms with Crippen molar-refractivity contribution in [3.8, 4) is 11.5 Å². The topological polar surface area (TPSA) is 117 Å². The van der Waals surface area contributed by atoms with E-state index in [1.807, 2.05) is 60.7 Å². The predicted octanol–water partition coefficient (Wildman–Crippen LogP) is 4.53. The second kappa shape index (κ2) is 11.4. The van der Waals surface area contributed by atoms with E-state index in [9.17, 15) is 9.90 Å². The first-order chi connectivity index (χ1) is 17.0. The zero-order valence-corrected chi connectivity index (χ0v) is 19.4. The molecule has 1 aliphatic rings. The lowest BCUT2D eigenvalue weighted by Gasteiger charge is -2.14. The van der Waals surface area contributed by atoms with Gasteiger partial charge in [-0.15, -0.1) is 0 Å². The first-order valence-electron chi connectivity index (χ1n) is 11.6. The number of aliphatic hydroxyl groups excluding tert-OH is 1. The smallest absolute Gasteiger partial charge is 0.303 e. The summed E-state index contributed by atoms with van der Waals surface area (Å²) < 4.78 is 6.10. The molecular formula is C28H29N3O4. The minimum absolute atomic E-state index is 0.0825. The van der Waals surface area contributed by atoms with Crippen LogP contribution in [0.2, 0.25) is 0 Å². The average molecular weight is 472 g/mol. The van der Waals surface area contributed by atoms with Crippen molar-refractivity contribution >= 4 is 23.6 Å². The highest BCUT2D eigenvalue weighted by Crippen LogP contribution is 2.35. The van der Waals surface area contributed by atoms with Gasteiger partial charge in [-0.25, -0.2) is 0 Å². The third-order valence-electron chi connectivity index (χ3n) is 5.88. The minimum Gasteiger partial charge on any atom is -0.481 e. The number of aliphatic carboxylic acids is 1. The van der Waals surface area contributed by atoms with Crippen LogP contribution in [0.4, 0.5) is 5.69 Å². The summed E-state index contributed by atoms with van der Waals surface area (Å²) in [6.45, 7) is 1.26. The predicted molar refractivity (Wildman–Crippen MR) is 138 cm³/mol. The van der Waals surface area contributed by atoms with E-state index in [0.717, 1.165) is 46.5 Å². The molecule has 0 radical (unpaired) electrons. The van der Waals surface area contributed by atoms with E-state index in [2.05, 4.69) is 10.3 Å². The number of fused-ring (bicyclic) bond motifs is 1. The summed E-state index contributed by atoms with van der Waals surface area (Å²) in [5, 5.41) is 22.1. The van der Waals surface area contributed by atoms with Gasteiger partial charge in [0.2, 0.25) is 0 Å². The van der Waals surface area contributed by atoms with E-state index >= 15 is 0 Å². The number of ether oxygens (including phenoxy) is 1. The molecular weight excluding hydrogens is 442 g/mol. The van der Waals surface area contributed by atoms with Crippen LogP contribution >= 0.6 is 0 Å². The van der Waals surface area contributed by atoms with Gasteiger partial charge in [0.15, 0.2) is 0 Å². The number of nitrogens with one attached hydrogen (secondary N) is 1. The minimum atomic E-state index is -0.804. The van der Waals surface area contributed by atoms with Crippen LogP contribution in [0.3, 0.4) is 0 Å². The molecule has 1 heterocycles. The van der Waals surface area contributed by atoms with Crippen LogP contribution in [0.15, 0.2) is 71.7 Å². The Morgan fingerprint density at radius 2 is 1.94 bits per heavy atom. The highest BCUT2D eigenvalue weighted by molar-refractivity contribution is 5.83. The van der Waals surface area contributed by atoms with Crippen LogP contribution in [0.5, 0.6) is 11.5 Å². The second-order valence-corrected chi connectivity index (χ2v) is 8.36. The Kier molecular flexibility index (Phi) is 7.80. The number of benzene rings is 3. The molecule has 3 aromatic rings. The number of allylic oxidation sites excluding steroid dienone is 1. The number of carbonyl (C=O) groups is 1. The molecule has 3 aromatic carbocycles. The molecule has 0 saturated carbocycles. The lowest BCUT2D eigenvalue weighted by atomic mass is 10.0. The van der Waals surface area contributed by atoms with Crippen molar-refractivity contribution in [2.24, 2.45) is 10.7 Å². The quantitative estimate of drug-likeness (QED) is 0.323. The van der Waals surface area contributed by atoms with E-state index in [-0.39, 0.29) is 13.0 Å². The number of rotatable bonds is 10. The lowest BCUT2D eigenvalue weighted by molar-refractivity contribution is -0.136. The lowest BCUT2D eigenvalue weighted by Crippen LogP contribution is -1.99. The summed E-state index contributed by atoms with van der Waals surface area (Å²) in [4.78, 5) is 15.2. The van der Waals surface area contributed by atoms with E-state index in [0.29, 0.717) is 30.2 Å². The molecule has 0 atom stereocenters. The zero-order chi connectivity index (χ0) is 24.6. The number of aliphatic hydroxyl groups is 1. The summed E-state index contributed by atoms with van der Waals surface area (Å²) in [5.41, 5.74) is 12.6. The van der Waals surface area contributed by atoms with Crippen LogP contribution in [-0.2, 0) is 30.8 Å². The van der Waals surface area contributed by atoms with Crippen LogP contribution in [0, 0.1) is 0 Å². The van der Waals surface area contributed by atoms with E-state index in [1.54, 1.807) is 12.3 Å². The van der Waals surface area contributed by atoms with Gasteiger partial charge in [-0.3, -0.25) is 9.79 Å². The number of aliphatic imine (C=N–C) groups is 1. The van der Waals surface area contributed by atoms with Gasteiger partial charge >= 0.3 is 5.97 Å². The molecule has 7 heteroatoms. The third kappa shape index (κ3) is 6.28. The molecule has 0 amide bonds. The van der Waals surface area contributed by atoms with Gasteiger partial charge in [0, 0.05) is 41.7 Å². The van der Waals surface area contributed by atoms with Crippen molar-refractivity contribution in [2.75, 3.05) is 11.9 Å². The number of aryl methyl sites for hydroxylation is 1. The maximum atomic E-state index is 10.8. The Balaban J connectivity index is 1.41. The third-order valence-corrected chi connectivity index (χ3v) is 5.88.